The lowest BCUT2D eigenvalue weighted by Gasteiger charge is -2.33. The zero-order valence-electron chi connectivity index (χ0n) is 14.9. The number of carbonyl (C=O) groups excluding carboxylic acids is 2. The standard InChI is InChI=1S/C18H20N2O6/c1-4-25-18(22)14-13-16(26-19-14)15-10-8-12(24-3)11(23-2)7-9(10)5-6-20(15)17(13)21/h7-8,13,15-16H,4-6H2,1-3H3/t13-,15-,16+/m1/s1. The first-order chi connectivity index (χ1) is 12.6. The molecule has 138 valence electrons. The van der Waals surface area contributed by atoms with Crippen LogP contribution in [0.25, 0.3) is 0 Å². The van der Waals surface area contributed by atoms with Gasteiger partial charge in [0.2, 0.25) is 5.91 Å². The molecule has 4 rings (SSSR count). The van der Waals surface area contributed by atoms with Crippen molar-refractivity contribution in [3.63, 3.8) is 0 Å². The molecule has 0 N–H and O–H groups in total. The number of rotatable bonds is 4. The fraction of sp³-hybridized carbons (Fsp3) is 0.500. The van der Waals surface area contributed by atoms with Gasteiger partial charge in [-0.15, -0.1) is 0 Å². The largest absolute Gasteiger partial charge is 0.493 e. The van der Waals surface area contributed by atoms with Gasteiger partial charge >= 0.3 is 5.97 Å². The van der Waals surface area contributed by atoms with Crippen molar-refractivity contribution < 1.29 is 28.6 Å². The van der Waals surface area contributed by atoms with Crippen LogP contribution < -0.4 is 9.47 Å². The number of methoxy groups -OCH3 is 2. The van der Waals surface area contributed by atoms with Crippen LogP contribution in [0.2, 0.25) is 0 Å². The zero-order valence-corrected chi connectivity index (χ0v) is 14.9. The summed E-state index contributed by atoms with van der Waals surface area (Å²) in [6.45, 7) is 2.48. The van der Waals surface area contributed by atoms with Crippen molar-refractivity contribution in [3.8, 4) is 11.5 Å². The van der Waals surface area contributed by atoms with Crippen molar-refractivity contribution >= 4 is 17.6 Å². The van der Waals surface area contributed by atoms with Crippen LogP contribution in [0.5, 0.6) is 11.5 Å². The Morgan fingerprint density at radius 2 is 2.04 bits per heavy atom. The van der Waals surface area contributed by atoms with Gasteiger partial charge in [0.25, 0.3) is 0 Å². The predicted octanol–water partition coefficient (Wildman–Crippen LogP) is 1.08. The zero-order chi connectivity index (χ0) is 18.4. The summed E-state index contributed by atoms with van der Waals surface area (Å²) < 4.78 is 15.8. The second kappa shape index (κ2) is 6.19. The number of ether oxygens (including phenoxy) is 3. The van der Waals surface area contributed by atoms with Gasteiger partial charge in [0, 0.05) is 6.54 Å². The molecule has 26 heavy (non-hydrogen) atoms. The molecule has 1 aromatic rings. The molecular weight excluding hydrogens is 340 g/mol. The van der Waals surface area contributed by atoms with Crippen LogP contribution in [0, 0.1) is 5.92 Å². The van der Waals surface area contributed by atoms with Crippen molar-refractivity contribution in [2.24, 2.45) is 11.1 Å². The molecule has 0 saturated carbocycles. The number of carbonyl (C=O) groups is 2. The molecule has 3 aliphatic rings. The van der Waals surface area contributed by atoms with Gasteiger partial charge in [-0.25, -0.2) is 4.79 Å². The lowest BCUT2D eigenvalue weighted by Crippen LogP contribution is -2.38. The summed E-state index contributed by atoms with van der Waals surface area (Å²) in [5.74, 6) is -0.228. The summed E-state index contributed by atoms with van der Waals surface area (Å²) in [6.07, 6.45) is 0.155. The molecule has 8 nitrogen and oxygen atoms in total. The average molecular weight is 360 g/mol. The lowest BCUT2D eigenvalue weighted by atomic mass is 9.88. The molecule has 0 unspecified atom stereocenters. The third-order valence-electron chi connectivity index (χ3n) is 5.16. The van der Waals surface area contributed by atoms with Crippen LogP contribution in [0.15, 0.2) is 17.3 Å². The Hall–Kier alpha value is -2.77. The maximum Gasteiger partial charge on any atom is 0.357 e. The van der Waals surface area contributed by atoms with Crippen LogP contribution in [-0.2, 0) is 25.6 Å². The highest BCUT2D eigenvalue weighted by Gasteiger charge is 2.59. The molecule has 8 heteroatoms. The normalized spacial score (nSPS) is 25.7. The summed E-state index contributed by atoms with van der Waals surface area (Å²) >= 11 is 0. The van der Waals surface area contributed by atoms with Crippen LogP contribution >= 0.6 is 0 Å². The van der Waals surface area contributed by atoms with Gasteiger partial charge < -0.3 is 23.9 Å². The van der Waals surface area contributed by atoms with Crippen molar-refractivity contribution in [2.45, 2.75) is 25.5 Å². The monoisotopic (exact) mass is 360 g/mol. The van der Waals surface area contributed by atoms with Crippen molar-refractivity contribution in [1.29, 1.82) is 0 Å². The van der Waals surface area contributed by atoms with Gasteiger partial charge in [-0.05, 0) is 36.6 Å². The van der Waals surface area contributed by atoms with E-state index in [0.717, 1.165) is 11.1 Å². The number of fused-ring (bicyclic) bond motifs is 5. The maximum absolute atomic E-state index is 12.9. The molecule has 3 heterocycles. The number of hydrogen-bond acceptors (Lipinski definition) is 7. The number of benzene rings is 1. The third kappa shape index (κ3) is 2.24. The smallest absolute Gasteiger partial charge is 0.357 e. The lowest BCUT2D eigenvalue weighted by molar-refractivity contribution is -0.137. The van der Waals surface area contributed by atoms with Crippen LogP contribution in [-0.4, -0.2) is 56.0 Å². The molecule has 3 aliphatic heterocycles. The molecule has 0 radical (unpaired) electrons. The fourth-order valence-corrected chi connectivity index (χ4v) is 4.01. The van der Waals surface area contributed by atoms with E-state index in [1.165, 1.54) is 0 Å². The summed E-state index contributed by atoms with van der Waals surface area (Å²) in [7, 11) is 3.16. The molecular formula is C18H20N2O6. The number of hydrogen-bond donors (Lipinski definition) is 0. The molecule has 3 atom stereocenters. The Labute approximate surface area is 150 Å². The van der Waals surface area contributed by atoms with E-state index in [-0.39, 0.29) is 24.3 Å². The van der Waals surface area contributed by atoms with E-state index < -0.39 is 18.0 Å². The molecule has 0 aliphatic carbocycles. The van der Waals surface area contributed by atoms with Gasteiger partial charge in [0.05, 0.1) is 26.9 Å². The van der Waals surface area contributed by atoms with Gasteiger partial charge in [-0.2, -0.15) is 0 Å². The highest BCUT2D eigenvalue weighted by molar-refractivity contribution is 6.41. The minimum Gasteiger partial charge on any atom is -0.493 e. The van der Waals surface area contributed by atoms with E-state index in [1.807, 2.05) is 12.1 Å². The van der Waals surface area contributed by atoms with Crippen molar-refractivity contribution in [1.82, 2.24) is 4.90 Å². The minimum absolute atomic E-state index is 0.0540. The summed E-state index contributed by atoms with van der Waals surface area (Å²) in [5, 5.41) is 3.87. The highest BCUT2D eigenvalue weighted by Crippen LogP contribution is 2.48. The first kappa shape index (κ1) is 16.7. The Morgan fingerprint density at radius 3 is 2.73 bits per heavy atom. The Balaban J connectivity index is 1.73. The van der Waals surface area contributed by atoms with Crippen LogP contribution in [0.3, 0.4) is 0 Å². The third-order valence-corrected chi connectivity index (χ3v) is 5.16. The Kier molecular flexibility index (Phi) is 3.97. The molecule has 1 amide bonds. The average Bonchev–Trinajstić information content (AvgIpc) is 3.20. The van der Waals surface area contributed by atoms with E-state index in [0.29, 0.717) is 24.5 Å². The molecule has 0 spiro atoms. The Bertz CT molecular complexity index is 805. The molecule has 0 bridgehead atoms. The molecule has 1 saturated heterocycles. The van der Waals surface area contributed by atoms with Gasteiger partial charge in [0.15, 0.2) is 23.3 Å². The van der Waals surface area contributed by atoms with Gasteiger partial charge in [-0.3, -0.25) is 4.79 Å². The van der Waals surface area contributed by atoms with Crippen molar-refractivity contribution in [2.75, 3.05) is 27.4 Å². The first-order valence-corrected chi connectivity index (χ1v) is 8.56. The number of amides is 1. The van der Waals surface area contributed by atoms with Crippen LogP contribution in [0.4, 0.5) is 0 Å². The second-order valence-electron chi connectivity index (χ2n) is 6.38. The SMILES string of the molecule is CCOC(=O)C1=NO[C@H]2[C@@H]1C(=O)N1CCc3cc(OC)c(OC)cc3[C@H]21. The maximum atomic E-state index is 12.9. The number of oxime groups is 1. The van der Waals surface area contributed by atoms with Gasteiger partial charge in [-0.1, -0.05) is 5.16 Å². The quantitative estimate of drug-likeness (QED) is 0.747. The molecule has 0 aromatic heterocycles. The number of esters is 1. The van der Waals surface area contributed by atoms with E-state index in [2.05, 4.69) is 5.16 Å². The molecule has 1 fully saturated rings. The topological polar surface area (TPSA) is 86.7 Å². The minimum atomic E-state index is -0.724. The van der Waals surface area contributed by atoms with E-state index in [4.69, 9.17) is 19.0 Å². The summed E-state index contributed by atoms with van der Waals surface area (Å²) in [4.78, 5) is 32.4. The summed E-state index contributed by atoms with van der Waals surface area (Å²) in [5.41, 5.74) is 2.07. The van der Waals surface area contributed by atoms with Gasteiger partial charge in [0.1, 0.15) is 5.92 Å². The fourth-order valence-electron chi connectivity index (χ4n) is 4.01. The van der Waals surface area contributed by atoms with Crippen molar-refractivity contribution in [3.05, 3.63) is 23.3 Å². The molecule has 1 aromatic carbocycles. The van der Waals surface area contributed by atoms with E-state index in [9.17, 15) is 9.59 Å². The summed E-state index contributed by atoms with van der Waals surface area (Å²) in [6, 6.07) is 3.50. The van der Waals surface area contributed by atoms with E-state index in [1.54, 1.807) is 26.0 Å². The second-order valence-corrected chi connectivity index (χ2v) is 6.38. The first-order valence-electron chi connectivity index (χ1n) is 8.56. The van der Waals surface area contributed by atoms with E-state index >= 15 is 0 Å². The van der Waals surface area contributed by atoms with Crippen LogP contribution in [0.1, 0.15) is 24.1 Å². The number of nitrogens with zero attached hydrogens (tertiary/aromatic N) is 2. The Morgan fingerprint density at radius 1 is 1.31 bits per heavy atom. The highest BCUT2D eigenvalue weighted by atomic mass is 16.7. The predicted molar refractivity (Wildman–Crippen MR) is 90.1 cm³/mol.